The first-order valence-corrected chi connectivity index (χ1v) is 7.78. The van der Waals surface area contributed by atoms with Crippen molar-refractivity contribution in [3.8, 4) is 0 Å². The Kier molecular flexibility index (Phi) is 5.75. The quantitative estimate of drug-likeness (QED) is 0.732. The largest absolute Gasteiger partial charge is 0.160 e. The summed E-state index contributed by atoms with van der Waals surface area (Å²) in [5.74, 6) is 2.27. The number of hydrogen-bond donors (Lipinski definition) is 0. The average Bonchev–Trinajstić information content (AvgIpc) is 2.63. The lowest BCUT2D eigenvalue weighted by Crippen LogP contribution is -1.72. The second-order valence-electron chi connectivity index (χ2n) is 2.99. The number of allylic oxidation sites excluding steroid dienone is 2. The maximum atomic E-state index is 2.26. The molecule has 3 heteroatoms. The first kappa shape index (κ1) is 12.2. The van der Waals surface area contributed by atoms with Crippen LogP contribution in [-0.4, -0.2) is 6.26 Å². The first-order chi connectivity index (χ1) is 6.76. The van der Waals surface area contributed by atoms with Crippen LogP contribution in [0.1, 0.15) is 23.6 Å². The van der Waals surface area contributed by atoms with Crippen LogP contribution >= 0.6 is 34.9 Å². The van der Waals surface area contributed by atoms with Gasteiger partial charge in [-0.15, -0.1) is 23.1 Å². The standard InChI is InChI=1S/C11H16S3/c1-4-9(2)13-8-11-6-5-10(14-11)7-12-3/h4-6H,7-8H2,1-3H3/b9-4+. The lowest BCUT2D eigenvalue weighted by Gasteiger charge is -1.97. The molecule has 0 radical (unpaired) electrons. The highest BCUT2D eigenvalue weighted by atomic mass is 32.2. The molecular weight excluding hydrogens is 228 g/mol. The Labute approximate surface area is 99.2 Å². The smallest absolute Gasteiger partial charge is 0.0322 e. The van der Waals surface area contributed by atoms with Gasteiger partial charge in [0.05, 0.1) is 0 Å². The highest BCUT2D eigenvalue weighted by Crippen LogP contribution is 2.27. The van der Waals surface area contributed by atoms with Gasteiger partial charge in [0.2, 0.25) is 0 Å². The molecule has 0 aliphatic heterocycles. The molecule has 0 aliphatic rings. The molecular formula is C11H16S3. The summed E-state index contributed by atoms with van der Waals surface area (Å²) >= 11 is 5.76. The number of thioether (sulfide) groups is 2. The molecule has 0 aromatic carbocycles. The van der Waals surface area contributed by atoms with Gasteiger partial charge in [-0.05, 0) is 37.1 Å². The molecule has 0 atom stereocenters. The van der Waals surface area contributed by atoms with Gasteiger partial charge in [0.1, 0.15) is 0 Å². The molecule has 1 aromatic heterocycles. The third-order valence-electron chi connectivity index (χ3n) is 1.85. The van der Waals surface area contributed by atoms with E-state index in [2.05, 4.69) is 38.3 Å². The van der Waals surface area contributed by atoms with Crippen LogP contribution in [0.2, 0.25) is 0 Å². The van der Waals surface area contributed by atoms with Crippen LogP contribution in [0.15, 0.2) is 23.1 Å². The summed E-state index contributed by atoms with van der Waals surface area (Å²) in [4.78, 5) is 4.39. The molecule has 0 unspecified atom stereocenters. The third-order valence-corrected chi connectivity index (χ3v) is 5.05. The van der Waals surface area contributed by atoms with Crippen LogP contribution in [0.4, 0.5) is 0 Å². The van der Waals surface area contributed by atoms with E-state index in [1.807, 2.05) is 34.9 Å². The van der Waals surface area contributed by atoms with Gasteiger partial charge >= 0.3 is 0 Å². The Balaban J connectivity index is 2.43. The third kappa shape index (κ3) is 4.11. The van der Waals surface area contributed by atoms with Crippen LogP contribution in [0, 0.1) is 0 Å². The normalized spacial score (nSPS) is 12.1. The van der Waals surface area contributed by atoms with Crippen LogP contribution in [0.25, 0.3) is 0 Å². The van der Waals surface area contributed by atoms with Crippen molar-refractivity contribution in [2.24, 2.45) is 0 Å². The fourth-order valence-corrected chi connectivity index (χ4v) is 3.61. The van der Waals surface area contributed by atoms with Gasteiger partial charge in [-0.1, -0.05) is 6.08 Å². The molecule has 0 N–H and O–H groups in total. The van der Waals surface area contributed by atoms with Crippen molar-refractivity contribution in [1.29, 1.82) is 0 Å². The number of thiophene rings is 1. The highest BCUT2D eigenvalue weighted by Gasteiger charge is 2.00. The zero-order valence-electron chi connectivity index (χ0n) is 8.87. The van der Waals surface area contributed by atoms with E-state index in [1.165, 1.54) is 14.7 Å². The summed E-state index contributed by atoms with van der Waals surface area (Å²) in [6, 6.07) is 4.51. The Bertz CT molecular complexity index is 299. The molecule has 0 amide bonds. The molecule has 0 bridgehead atoms. The Morgan fingerprint density at radius 3 is 2.57 bits per heavy atom. The maximum Gasteiger partial charge on any atom is 0.0322 e. The summed E-state index contributed by atoms with van der Waals surface area (Å²) in [6.45, 7) is 4.26. The highest BCUT2D eigenvalue weighted by molar-refractivity contribution is 8.02. The summed E-state index contributed by atoms with van der Waals surface area (Å²) in [5, 5.41) is 0. The molecule has 0 saturated heterocycles. The van der Waals surface area contributed by atoms with Gasteiger partial charge in [0, 0.05) is 21.3 Å². The number of rotatable bonds is 5. The fourth-order valence-electron chi connectivity index (χ4n) is 0.988. The van der Waals surface area contributed by atoms with Gasteiger partial charge < -0.3 is 0 Å². The van der Waals surface area contributed by atoms with Gasteiger partial charge in [-0.25, -0.2) is 0 Å². The lowest BCUT2D eigenvalue weighted by molar-refractivity contribution is 1.51. The molecule has 0 fully saturated rings. The lowest BCUT2D eigenvalue weighted by atomic mass is 10.5. The molecule has 1 aromatic rings. The van der Waals surface area contributed by atoms with Crippen LogP contribution in [-0.2, 0) is 11.5 Å². The summed E-state index contributed by atoms with van der Waals surface area (Å²) < 4.78 is 0. The zero-order chi connectivity index (χ0) is 10.4. The second kappa shape index (κ2) is 6.59. The molecule has 0 saturated carbocycles. The van der Waals surface area contributed by atoms with Crippen LogP contribution < -0.4 is 0 Å². The molecule has 0 aliphatic carbocycles. The molecule has 0 spiro atoms. The second-order valence-corrected chi connectivity index (χ2v) is 6.33. The summed E-state index contributed by atoms with van der Waals surface area (Å²) in [5.41, 5.74) is 0. The predicted molar refractivity (Wildman–Crippen MR) is 72.3 cm³/mol. The van der Waals surface area contributed by atoms with Crippen molar-refractivity contribution in [1.82, 2.24) is 0 Å². The SMILES string of the molecule is C/C=C(\C)SCc1ccc(CSC)s1. The fraction of sp³-hybridized carbons (Fsp3) is 0.455. The van der Waals surface area contributed by atoms with Crippen molar-refractivity contribution in [2.45, 2.75) is 25.4 Å². The van der Waals surface area contributed by atoms with Gasteiger partial charge in [0.25, 0.3) is 0 Å². The van der Waals surface area contributed by atoms with E-state index in [-0.39, 0.29) is 0 Å². The first-order valence-electron chi connectivity index (χ1n) is 4.58. The zero-order valence-corrected chi connectivity index (χ0v) is 11.3. The minimum absolute atomic E-state index is 1.12. The van der Waals surface area contributed by atoms with Crippen LogP contribution in [0.3, 0.4) is 0 Å². The van der Waals surface area contributed by atoms with Crippen molar-refractivity contribution < 1.29 is 0 Å². The monoisotopic (exact) mass is 244 g/mol. The molecule has 1 rings (SSSR count). The van der Waals surface area contributed by atoms with E-state index >= 15 is 0 Å². The molecule has 0 nitrogen and oxygen atoms in total. The van der Waals surface area contributed by atoms with Crippen molar-refractivity contribution in [3.63, 3.8) is 0 Å². The minimum Gasteiger partial charge on any atom is -0.160 e. The van der Waals surface area contributed by atoms with Gasteiger partial charge in [-0.3, -0.25) is 0 Å². The van der Waals surface area contributed by atoms with Crippen molar-refractivity contribution in [2.75, 3.05) is 6.26 Å². The van der Waals surface area contributed by atoms with E-state index in [4.69, 9.17) is 0 Å². The van der Waals surface area contributed by atoms with Crippen molar-refractivity contribution >= 4 is 34.9 Å². The molecule has 78 valence electrons. The maximum absolute atomic E-state index is 2.26. The minimum atomic E-state index is 1.12. The van der Waals surface area contributed by atoms with Crippen molar-refractivity contribution in [3.05, 3.63) is 32.9 Å². The summed E-state index contributed by atoms with van der Waals surface area (Å²) in [6.07, 6.45) is 4.32. The topological polar surface area (TPSA) is 0 Å². The Morgan fingerprint density at radius 1 is 1.36 bits per heavy atom. The van der Waals surface area contributed by atoms with E-state index in [1.54, 1.807) is 0 Å². The molecule has 1 heterocycles. The van der Waals surface area contributed by atoms with E-state index < -0.39 is 0 Å². The Morgan fingerprint density at radius 2 is 2.00 bits per heavy atom. The van der Waals surface area contributed by atoms with Gasteiger partial charge in [-0.2, -0.15) is 11.8 Å². The van der Waals surface area contributed by atoms with Gasteiger partial charge in [0.15, 0.2) is 0 Å². The van der Waals surface area contributed by atoms with E-state index in [0.29, 0.717) is 0 Å². The van der Waals surface area contributed by atoms with E-state index in [9.17, 15) is 0 Å². The Hall–Kier alpha value is 0.140. The predicted octanol–water partition coefficient (Wildman–Crippen LogP) is 4.77. The van der Waals surface area contributed by atoms with Crippen LogP contribution in [0.5, 0.6) is 0 Å². The molecule has 14 heavy (non-hydrogen) atoms. The number of hydrogen-bond acceptors (Lipinski definition) is 3. The summed E-state index contributed by atoms with van der Waals surface area (Å²) in [7, 11) is 0. The average molecular weight is 244 g/mol. The van der Waals surface area contributed by atoms with E-state index in [0.717, 1.165) is 11.5 Å².